The second-order valence-corrected chi connectivity index (χ2v) is 6.60. The van der Waals surface area contributed by atoms with Gasteiger partial charge in [0.1, 0.15) is 5.60 Å². The van der Waals surface area contributed by atoms with Crippen LogP contribution in [0, 0.1) is 0 Å². The molecule has 1 aliphatic heterocycles. The van der Waals surface area contributed by atoms with Crippen molar-refractivity contribution in [3.8, 4) is 11.5 Å². The SMILES string of the molecule is CC(C)(C)OC(=O)NCCCC(=O)NNC(=O)c1ccc2c(c1)OCO2. The molecular weight excluding hydrogens is 342 g/mol. The molecule has 3 N–H and O–H groups in total. The molecule has 9 heteroatoms. The van der Waals surface area contributed by atoms with Gasteiger partial charge >= 0.3 is 6.09 Å². The summed E-state index contributed by atoms with van der Waals surface area (Å²) in [5.41, 5.74) is 4.41. The van der Waals surface area contributed by atoms with Gasteiger partial charge in [0.2, 0.25) is 12.7 Å². The number of carbonyl (C=O) groups excluding carboxylic acids is 3. The number of nitrogens with one attached hydrogen (secondary N) is 3. The van der Waals surface area contributed by atoms with E-state index in [2.05, 4.69) is 16.2 Å². The van der Waals surface area contributed by atoms with E-state index in [0.717, 1.165) is 0 Å². The number of rotatable bonds is 5. The van der Waals surface area contributed by atoms with Crippen molar-refractivity contribution in [3.63, 3.8) is 0 Å². The molecular formula is C17H23N3O6. The van der Waals surface area contributed by atoms with Gasteiger partial charge in [-0.1, -0.05) is 0 Å². The van der Waals surface area contributed by atoms with Gasteiger partial charge in [0.05, 0.1) is 0 Å². The Morgan fingerprint density at radius 3 is 2.58 bits per heavy atom. The molecule has 0 aromatic heterocycles. The average molecular weight is 365 g/mol. The number of alkyl carbamates (subject to hydrolysis) is 1. The second-order valence-electron chi connectivity index (χ2n) is 6.60. The first kappa shape index (κ1) is 19.4. The summed E-state index contributed by atoms with van der Waals surface area (Å²) in [4.78, 5) is 35.2. The topological polar surface area (TPSA) is 115 Å². The van der Waals surface area contributed by atoms with Crippen molar-refractivity contribution < 1.29 is 28.6 Å². The van der Waals surface area contributed by atoms with Gasteiger partial charge in [0.25, 0.3) is 5.91 Å². The van der Waals surface area contributed by atoms with Crippen LogP contribution in [0.3, 0.4) is 0 Å². The number of hydrogen-bond acceptors (Lipinski definition) is 6. The van der Waals surface area contributed by atoms with Crippen molar-refractivity contribution in [2.75, 3.05) is 13.3 Å². The maximum Gasteiger partial charge on any atom is 0.407 e. The molecule has 3 amide bonds. The Morgan fingerprint density at radius 1 is 1.12 bits per heavy atom. The highest BCUT2D eigenvalue weighted by Gasteiger charge is 2.17. The minimum Gasteiger partial charge on any atom is -0.454 e. The van der Waals surface area contributed by atoms with Gasteiger partial charge < -0.3 is 19.5 Å². The van der Waals surface area contributed by atoms with Crippen molar-refractivity contribution in [1.82, 2.24) is 16.2 Å². The highest BCUT2D eigenvalue weighted by Crippen LogP contribution is 2.32. The molecule has 2 rings (SSSR count). The largest absolute Gasteiger partial charge is 0.454 e. The molecule has 0 spiro atoms. The fourth-order valence-corrected chi connectivity index (χ4v) is 2.05. The number of fused-ring (bicyclic) bond motifs is 1. The predicted octanol–water partition coefficient (Wildman–Crippen LogP) is 1.48. The Hall–Kier alpha value is -2.97. The number of benzene rings is 1. The Morgan fingerprint density at radius 2 is 1.85 bits per heavy atom. The van der Waals surface area contributed by atoms with Crippen LogP contribution in [0.15, 0.2) is 18.2 Å². The Kier molecular flexibility index (Phi) is 6.26. The zero-order valence-corrected chi connectivity index (χ0v) is 15.0. The minimum absolute atomic E-state index is 0.120. The third-order valence-corrected chi connectivity index (χ3v) is 3.20. The van der Waals surface area contributed by atoms with E-state index < -0.39 is 17.6 Å². The highest BCUT2D eigenvalue weighted by atomic mass is 16.7. The van der Waals surface area contributed by atoms with E-state index in [1.54, 1.807) is 32.9 Å². The molecule has 0 aliphatic carbocycles. The molecule has 0 fully saturated rings. The fourth-order valence-electron chi connectivity index (χ4n) is 2.05. The Balaban J connectivity index is 1.64. The molecule has 0 radical (unpaired) electrons. The van der Waals surface area contributed by atoms with Crippen LogP contribution in [-0.2, 0) is 9.53 Å². The summed E-state index contributed by atoms with van der Waals surface area (Å²) in [6, 6.07) is 4.73. The normalized spacial score (nSPS) is 12.3. The molecule has 1 aliphatic rings. The van der Waals surface area contributed by atoms with E-state index in [-0.39, 0.29) is 19.1 Å². The van der Waals surface area contributed by atoms with Crippen molar-refractivity contribution in [2.24, 2.45) is 0 Å². The number of ether oxygens (including phenoxy) is 3. The van der Waals surface area contributed by atoms with Gasteiger partial charge in [-0.15, -0.1) is 0 Å². The van der Waals surface area contributed by atoms with E-state index in [4.69, 9.17) is 14.2 Å². The molecule has 26 heavy (non-hydrogen) atoms. The summed E-state index contributed by atoms with van der Waals surface area (Å²) >= 11 is 0. The van der Waals surface area contributed by atoms with E-state index in [0.29, 0.717) is 30.0 Å². The number of hydrazine groups is 1. The highest BCUT2D eigenvalue weighted by molar-refractivity contribution is 5.96. The monoisotopic (exact) mass is 365 g/mol. The first-order chi connectivity index (χ1) is 12.2. The lowest BCUT2D eigenvalue weighted by Crippen LogP contribution is -2.41. The molecule has 9 nitrogen and oxygen atoms in total. The van der Waals surface area contributed by atoms with Gasteiger partial charge in [-0.25, -0.2) is 4.79 Å². The zero-order valence-electron chi connectivity index (χ0n) is 15.0. The zero-order chi connectivity index (χ0) is 19.2. The van der Waals surface area contributed by atoms with Crippen LogP contribution in [0.2, 0.25) is 0 Å². The summed E-state index contributed by atoms with van der Waals surface area (Å²) in [5.74, 6) is 0.217. The maximum atomic E-state index is 12.0. The van der Waals surface area contributed by atoms with Crippen molar-refractivity contribution in [1.29, 1.82) is 0 Å². The summed E-state index contributed by atoms with van der Waals surface area (Å²) in [7, 11) is 0. The third-order valence-electron chi connectivity index (χ3n) is 3.20. The molecule has 0 bridgehead atoms. The van der Waals surface area contributed by atoms with Gasteiger partial charge in [-0.2, -0.15) is 0 Å². The van der Waals surface area contributed by atoms with Crippen LogP contribution in [-0.4, -0.2) is 36.8 Å². The lowest BCUT2D eigenvalue weighted by molar-refractivity contribution is -0.121. The standard InChI is InChI=1S/C17H23N3O6/c1-17(2,3)26-16(23)18-8-4-5-14(21)19-20-15(22)11-6-7-12-13(9-11)25-10-24-12/h6-7,9H,4-5,8,10H2,1-3H3,(H,18,23)(H,19,21)(H,20,22). The van der Waals surface area contributed by atoms with Crippen molar-refractivity contribution in [2.45, 2.75) is 39.2 Å². The van der Waals surface area contributed by atoms with Crippen LogP contribution < -0.4 is 25.6 Å². The van der Waals surface area contributed by atoms with Crippen molar-refractivity contribution >= 4 is 17.9 Å². The van der Waals surface area contributed by atoms with Crippen LogP contribution in [0.1, 0.15) is 44.0 Å². The molecule has 0 atom stereocenters. The molecule has 142 valence electrons. The first-order valence-corrected chi connectivity index (χ1v) is 8.20. The van der Waals surface area contributed by atoms with E-state index in [9.17, 15) is 14.4 Å². The molecule has 1 aromatic rings. The van der Waals surface area contributed by atoms with Gasteiger partial charge in [-0.05, 0) is 45.4 Å². The molecule has 0 saturated carbocycles. The molecule has 1 aromatic carbocycles. The van der Waals surface area contributed by atoms with E-state index >= 15 is 0 Å². The van der Waals surface area contributed by atoms with Gasteiger partial charge in [-0.3, -0.25) is 20.4 Å². The summed E-state index contributed by atoms with van der Waals surface area (Å²) in [6.07, 6.45) is 0.0105. The van der Waals surface area contributed by atoms with Crippen LogP contribution in [0.4, 0.5) is 4.79 Å². The average Bonchev–Trinajstić information content (AvgIpc) is 3.02. The Labute approximate surface area is 151 Å². The smallest absolute Gasteiger partial charge is 0.407 e. The number of carbonyl (C=O) groups is 3. The quantitative estimate of drug-likeness (QED) is 0.538. The second kappa shape index (κ2) is 8.41. The summed E-state index contributed by atoms with van der Waals surface area (Å²) < 4.78 is 15.4. The first-order valence-electron chi connectivity index (χ1n) is 8.20. The van der Waals surface area contributed by atoms with Gasteiger partial charge in [0.15, 0.2) is 11.5 Å². The molecule has 0 unspecified atom stereocenters. The molecule has 0 saturated heterocycles. The predicted molar refractivity (Wildman–Crippen MR) is 91.6 cm³/mol. The maximum absolute atomic E-state index is 12.0. The summed E-state index contributed by atoms with van der Waals surface area (Å²) in [5, 5.41) is 2.55. The van der Waals surface area contributed by atoms with E-state index in [1.165, 1.54) is 6.07 Å². The van der Waals surface area contributed by atoms with Crippen LogP contribution in [0.5, 0.6) is 11.5 Å². The number of hydrogen-bond donors (Lipinski definition) is 3. The van der Waals surface area contributed by atoms with Crippen LogP contribution >= 0.6 is 0 Å². The minimum atomic E-state index is -0.569. The lowest BCUT2D eigenvalue weighted by Gasteiger charge is -2.19. The van der Waals surface area contributed by atoms with Crippen LogP contribution in [0.25, 0.3) is 0 Å². The fraction of sp³-hybridized carbons (Fsp3) is 0.471. The Bertz CT molecular complexity index is 684. The summed E-state index contributed by atoms with van der Waals surface area (Å²) in [6.45, 7) is 5.71. The molecule has 1 heterocycles. The van der Waals surface area contributed by atoms with E-state index in [1.807, 2.05) is 0 Å². The van der Waals surface area contributed by atoms with Gasteiger partial charge in [0, 0.05) is 18.5 Å². The third kappa shape index (κ3) is 6.15. The number of amides is 3. The lowest BCUT2D eigenvalue weighted by atomic mass is 10.2. The van der Waals surface area contributed by atoms with Crippen molar-refractivity contribution in [3.05, 3.63) is 23.8 Å².